The minimum Gasteiger partial charge on any atom is -0.497 e. The molecule has 0 aliphatic carbocycles. The second-order valence-electron chi connectivity index (χ2n) is 5.20. The summed E-state index contributed by atoms with van der Waals surface area (Å²) < 4.78 is 10.6. The zero-order valence-electron chi connectivity index (χ0n) is 13.7. The van der Waals surface area contributed by atoms with Gasteiger partial charge in [0.1, 0.15) is 11.5 Å². The second kappa shape index (κ2) is 7.49. The summed E-state index contributed by atoms with van der Waals surface area (Å²) in [6, 6.07) is 15.2. The summed E-state index contributed by atoms with van der Waals surface area (Å²) in [5.41, 5.74) is 2.18. The van der Waals surface area contributed by atoms with Gasteiger partial charge in [-0.25, -0.2) is 0 Å². The molecule has 0 bridgehead atoms. The first-order valence-electron chi connectivity index (χ1n) is 7.30. The normalized spacial score (nSPS) is 10.0. The molecule has 4 nitrogen and oxygen atoms in total. The summed E-state index contributed by atoms with van der Waals surface area (Å²) in [4.78, 5) is 14.3. The molecular weight excluding hydrogens is 290 g/mol. The lowest BCUT2D eigenvalue weighted by molar-refractivity contribution is -0.115. The largest absolute Gasteiger partial charge is 0.497 e. The highest BCUT2D eigenvalue weighted by Crippen LogP contribution is 2.33. The van der Waals surface area contributed by atoms with Crippen molar-refractivity contribution in [1.29, 1.82) is 0 Å². The zero-order valence-corrected chi connectivity index (χ0v) is 13.7. The highest BCUT2D eigenvalue weighted by atomic mass is 16.5. The van der Waals surface area contributed by atoms with Gasteiger partial charge in [0.25, 0.3) is 5.91 Å². The summed E-state index contributed by atoms with van der Waals surface area (Å²) in [5, 5.41) is 0. The molecule has 0 radical (unpaired) electrons. The fourth-order valence-electron chi connectivity index (χ4n) is 2.27. The van der Waals surface area contributed by atoms with Gasteiger partial charge in [-0.05, 0) is 24.6 Å². The molecule has 0 aliphatic rings. The maximum atomic E-state index is 12.6. The van der Waals surface area contributed by atoms with Crippen molar-refractivity contribution in [3.63, 3.8) is 0 Å². The molecule has 0 fully saturated rings. The number of hydrogen-bond donors (Lipinski definition) is 0. The Bertz CT molecular complexity index is 695. The molecule has 2 rings (SSSR count). The second-order valence-corrected chi connectivity index (χ2v) is 5.20. The molecule has 23 heavy (non-hydrogen) atoms. The van der Waals surface area contributed by atoms with Crippen LogP contribution in [0, 0.1) is 0 Å². The van der Waals surface area contributed by atoms with E-state index < -0.39 is 0 Å². The van der Waals surface area contributed by atoms with E-state index in [1.54, 1.807) is 32.1 Å². The highest BCUT2D eigenvalue weighted by Gasteiger charge is 2.20. The SMILES string of the molecule is C=C(C)C(=O)N(Cc1ccccc1)c1ccc(OC)cc1OC. The summed E-state index contributed by atoms with van der Waals surface area (Å²) in [6.07, 6.45) is 0. The van der Waals surface area contributed by atoms with Crippen LogP contribution in [-0.4, -0.2) is 20.1 Å². The molecule has 120 valence electrons. The number of benzene rings is 2. The van der Waals surface area contributed by atoms with Gasteiger partial charge in [-0.15, -0.1) is 0 Å². The van der Waals surface area contributed by atoms with E-state index in [9.17, 15) is 4.79 Å². The van der Waals surface area contributed by atoms with Crippen molar-refractivity contribution in [2.24, 2.45) is 0 Å². The maximum absolute atomic E-state index is 12.6. The van der Waals surface area contributed by atoms with Crippen molar-refractivity contribution in [1.82, 2.24) is 0 Å². The minimum absolute atomic E-state index is 0.141. The predicted molar refractivity (Wildman–Crippen MR) is 92.0 cm³/mol. The van der Waals surface area contributed by atoms with Crippen molar-refractivity contribution in [3.8, 4) is 11.5 Å². The minimum atomic E-state index is -0.141. The van der Waals surface area contributed by atoms with Crippen LogP contribution in [0.25, 0.3) is 0 Å². The third-order valence-corrected chi connectivity index (χ3v) is 3.47. The van der Waals surface area contributed by atoms with Crippen molar-refractivity contribution in [2.45, 2.75) is 13.5 Å². The number of amides is 1. The smallest absolute Gasteiger partial charge is 0.253 e. The number of rotatable bonds is 6. The quantitative estimate of drug-likeness (QED) is 0.761. The topological polar surface area (TPSA) is 38.8 Å². The first kappa shape index (κ1) is 16.6. The van der Waals surface area contributed by atoms with Gasteiger partial charge < -0.3 is 14.4 Å². The van der Waals surface area contributed by atoms with Crippen LogP contribution in [0.5, 0.6) is 11.5 Å². The Morgan fingerprint density at radius 2 is 1.78 bits per heavy atom. The van der Waals surface area contributed by atoms with E-state index in [0.29, 0.717) is 29.3 Å². The average Bonchev–Trinajstić information content (AvgIpc) is 2.59. The van der Waals surface area contributed by atoms with Gasteiger partial charge in [0.2, 0.25) is 0 Å². The van der Waals surface area contributed by atoms with Crippen molar-refractivity contribution in [3.05, 3.63) is 66.2 Å². The summed E-state index contributed by atoms with van der Waals surface area (Å²) in [6.45, 7) is 5.92. The van der Waals surface area contributed by atoms with Crippen LogP contribution in [0.1, 0.15) is 12.5 Å². The van der Waals surface area contributed by atoms with Gasteiger partial charge in [0, 0.05) is 11.6 Å². The van der Waals surface area contributed by atoms with Crippen LogP contribution in [-0.2, 0) is 11.3 Å². The molecule has 4 heteroatoms. The number of anilines is 1. The standard InChI is InChI=1S/C19H21NO3/c1-14(2)19(21)20(13-15-8-6-5-7-9-15)17-11-10-16(22-3)12-18(17)23-4/h5-12H,1,13H2,2-4H3. The molecule has 0 aliphatic heterocycles. The molecule has 2 aromatic carbocycles. The van der Waals surface area contributed by atoms with E-state index in [0.717, 1.165) is 5.56 Å². The Morgan fingerprint density at radius 1 is 1.09 bits per heavy atom. The average molecular weight is 311 g/mol. The highest BCUT2D eigenvalue weighted by molar-refractivity contribution is 6.05. The van der Waals surface area contributed by atoms with E-state index in [4.69, 9.17) is 9.47 Å². The molecular formula is C19H21NO3. The van der Waals surface area contributed by atoms with Crippen molar-refractivity contribution >= 4 is 11.6 Å². The number of methoxy groups -OCH3 is 2. The Labute approximate surface area is 137 Å². The van der Waals surface area contributed by atoms with Gasteiger partial charge in [-0.3, -0.25) is 4.79 Å². The number of carbonyl (C=O) groups is 1. The number of nitrogens with zero attached hydrogens (tertiary/aromatic N) is 1. The molecule has 1 amide bonds. The van der Waals surface area contributed by atoms with E-state index >= 15 is 0 Å². The molecule has 0 saturated carbocycles. The molecule has 0 atom stereocenters. The van der Waals surface area contributed by atoms with Crippen LogP contribution in [0.3, 0.4) is 0 Å². The molecule has 0 aromatic heterocycles. The Hall–Kier alpha value is -2.75. The van der Waals surface area contributed by atoms with Crippen LogP contribution in [0.4, 0.5) is 5.69 Å². The number of hydrogen-bond acceptors (Lipinski definition) is 3. The summed E-state index contributed by atoms with van der Waals surface area (Å²) in [5.74, 6) is 1.11. The van der Waals surface area contributed by atoms with Gasteiger partial charge in [-0.2, -0.15) is 0 Å². The predicted octanol–water partition coefficient (Wildman–Crippen LogP) is 3.81. The molecule has 0 unspecified atom stereocenters. The van der Waals surface area contributed by atoms with E-state index in [-0.39, 0.29) is 5.91 Å². The molecule has 0 spiro atoms. The number of ether oxygens (including phenoxy) is 2. The molecule has 0 saturated heterocycles. The van der Waals surface area contributed by atoms with Gasteiger partial charge in [0.15, 0.2) is 0 Å². The third-order valence-electron chi connectivity index (χ3n) is 3.47. The lowest BCUT2D eigenvalue weighted by Gasteiger charge is -2.25. The van der Waals surface area contributed by atoms with Crippen LogP contribution >= 0.6 is 0 Å². The van der Waals surface area contributed by atoms with E-state index in [1.807, 2.05) is 42.5 Å². The van der Waals surface area contributed by atoms with Gasteiger partial charge in [0.05, 0.1) is 26.5 Å². The Kier molecular flexibility index (Phi) is 5.41. The third kappa shape index (κ3) is 3.92. The fourth-order valence-corrected chi connectivity index (χ4v) is 2.27. The Morgan fingerprint density at radius 3 is 2.35 bits per heavy atom. The first-order valence-corrected chi connectivity index (χ1v) is 7.30. The van der Waals surface area contributed by atoms with Crippen LogP contribution < -0.4 is 14.4 Å². The van der Waals surface area contributed by atoms with E-state index in [2.05, 4.69) is 6.58 Å². The Balaban J connectivity index is 2.45. The first-order chi connectivity index (χ1) is 11.1. The van der Waals surface area contributed by atoms with Crippen LogP contribution in [0.2, 0.25) is 0 Å². The molecule has 2 aromatic rings. The van der Waals surface area contributed by atoms with E-state index in [1.165, 1.54) is 0 Å². The molecule has 0 N–H and O–H groups in total. The summed E-state index contributed by atoms with van der Waals surface area (Å²) in [7, 11) is 3.17. The fraction of sp³-hybridized carbons (Fsp3) is 0.211. The molecule has 0 heterocycles. The van der Waals surface area contributed by atoms with Crippen molar-refractivity contribution < 1.29 is 14.3 Å². The van der Waals surface area contributed by atoms with Gasteiger partial charge >= 0.3 is 0 Å². The zero-order chi connectivity index (χ0) is 16.8. The lowest BCUT2D eigenvalue weighted by atomic mass is 10.1. The monoisotopic (exact) mass is 311 g/mol. The maximum Gasteiger partial charge on any atom is 0.253 e. The van der Waals surface area contributed by atoms with Crippen LogP contribution in [0.15, 0.2) is 60.7 Å². The van der Waals surface area contributed by atoms with Crippen molar-refractivity contribution in [2.75, 3.05) is 19.1 Å². The lowest BCUT2D eigenvalue weighted by Crippen LogP contribution is -2.31. The number of carbonyl (C=O) groups excluding carboxylic acids is 1. The summed E-state index contributed by atoms with van der Waals surface area (Å²) >= 11 is 0. The van der Waals surface area contributed by atoms with Gasteiger partial charge in [-0.1, -0.05) is 36.9 Å².